The van der Waals surface area contributed by atoms with Gasteiger partial charge >= 0.3 is 0 Å². The highest BCUT2D eigenvalue weighted by molar-refractivity contribution is 9.11. The third-order valence-corrected chi connectivity index (χ3v) is 4.89. The van der Waals surface area contributed by atoms with Gasteiger partial charge in [0.1, 0.15) is 0 Å². The maximum Gasteiger partial charge on any atom is 0.193 e. The second-order valence-electron chi connectivity index (χ2n) is 4.76. The van der Waals surface area contributed by atoms with Crippen molar-refractivity contribution in [2.24, 2.45) is 0 Å². The van der Waals surface area contributed by atoms with Gasteiger partial charge in [-0.1, -0.05) is 52.3 Å². The van der Waals surface area contributed by atoms with Gasteiger partial charge in [-0.15, -0.1) is 13.2 Å². The lowest BCUT2D eigenvalue weighted by molar-refractivity contribution is 0.104. The van der Waals surface area contributed by atoms with Crippen molar-refractivity contribution in [2.45, 2.75) is 25.4 Å². The minimum absolute atomic E-state index is 0.149. The highest BCUT2D eigenvalue weighted by Gasteiger charge is 2.21. The first-order chi connectivity index (χ1) is 9.13. The quantitative estimate of drug-likeness (QED) is 0.519. The second kappa shape index (κ2) is 8.30. The molecule has 102 valence electrons. The first kappa shape index (κ1) is 16.2. The van der Waals surface area contributed by atoms with Gasteiger partial charge in [0.2, 0.25) is 0 Å². The molecule has 0 radical (unpaired) electrons. The molecule has 0 aliphatic carbocycles. The third kappa shape index (κ3) is 5.72. The summed E-state index contributed by atoms with van der Waals surface area (Å²) in [6, 6.07) is 8.52. The second-order valence-corrected chi connectivity index (χ2v) is 6.68. The fourth-order valence-electron chi connectivity index (χ4n) is 1.87. The van der Waals surface area contributed by atoms with E-state index in [2.05, 4.69) is 60.3 Å². The first-order valence-electron chi connectivity index (χ1n) is 6.35. The van der Waals surface area contributed by atoms with Crippen LogP contribution in [0.1, 0.15) is 25.3 Å². The Kier molecular flexibility index (Phi) is 7.06. The summed E-state index contributed by atoms with van der Waals surface area (Å²) in [6.45, 7) is 9.74. The van der Waals surface area contributed by atoms with Crippen LogP contribution in [-0.2, 0) is 4.43 Å². The van der Waals surface area contributed by atoms with E-state index in [1.54, 1.807) is 0 Å². The molecule has 0 spiro atoms. The molecule has 1 aromatic carbocycles. The number of hydrogen-bond acceptors (Lipinski definition) is 1. The first-order valence-corrected chi connectivity index (χ1v) is 8.55. The third-order valence-electron chi connectivity index (χ3n) is 2.97. The topological polar surface area (TPSA) is 9.23 Å². The zero-order valence-electron chi connectivity index (χ0n) is 11.4. The average molecular weight is 337 g/mol. The Morgan fingerprint density at radius 2 is 1.79 bits per heavy atom. The van der Waals surface area contributed by atoms with E-state index in [0.717, 1.165) is 12.8 Å². The van der Waals surface area contributed by atoms with Gasteiger partial charge in [0.05, 0.1) is 5.60 Å². The average Bonchev–Trinajstić information content (AvgIpc) is 2.39. The lowest BCUT2D eigenvalue weighted by atomic mass is 9.99. The molecule has 3 heteroatoms. The van der Waals surface area contributed by atoms with E-state index in [0.29, 0.717) is 0 Å². The molecule has 0 heterocycles. The predicted molar refractivity (Wildman–Crippen MR) is 91.7 cm³/mol. The molecule has 0 fully saturated rings. The normalized spacial score (nSPS) is 12.3. The van der Waals surface area contributed by atoms with Gasteiger partial charge in [0.15, 0.2) is 9.76 Å². The van der Waals surface area contributed by atoms with Crippen LogP contribution in [0.2, 0.25) is 0 Å². The van der Waals surface area contributed by atoms with Gasteiger partial charge in [-0.05, 0) is 41.6 Å². The van der Waals surface area contributed by atoms with Crippen molar-refractivity contribution in [3.8, 4) is 0 Å². The smallest absolute Gasteiger partial charge is 0.193 e. The molecule has 1 aromatic rings. The molecular formula is C16H21BrOSi. The van der Waals surface area contributed by atoms with E-state index in [9.17, 15) is 0 Å². The Hall–Kier alpha value is -0.903. The number of hydrogen-bond donors (Lipinski definition) is 0. The maximum absolute atomic E-state index is 6.17. The largest absolute Gasteiger partial charge is 0.413 e. The van der Waals surface area contributed by atoms with Crippen LogP contribution in [0.25, 0.3) is 6.08 Å². The molecule has 0 saturated carbocycles. The van der Waals surface area contributed by atoms with Crippen molar-refractivity contribution in [3.05, 3.63) is 60.1 Å². The molecule has 0 amide bonds. The van der Waals surface area contributed by atoms with Gasteiger partial charge < -0.3 is 4.43 Å². The predicted octanol–water partition coefficient (Wildman–Crippen LogP) is 3.69. The molecule has 0 saturated heterocycles. The van der Waals surface area contributed by atoms with Crippen LogP contribution in [-0.4, -0.2) is 15.4 Å². The maximum atomic E-state index is 6.17. The highest BCUT2D eigenvalue weighted by atomic mass is 79.9. The lowest BCUT2D eigenvalue weighted by Gasteiger charge is -2.28. The van der Waals surface area contributed by atoms with Gasteiger partial charge in [-0.2, -0.15) is 0 Å². The molecule has 0 aromatic heterocycles. The standard InChI is InChI=1S/C16H21BrOSi/c1-4-11-16(3,12-5-2)18-19-15-8-6-14(7-9-15)10-13-17/h4-10,13H,1-2,11-12,19H2,3H3. The van der Waals surface area contributed by atoms with Crippen molar-refractivity contribution in [2.75, 3.05) is 0 Å². The monoisotopic (exact) mass is 336 g/mol. The fourth-order valence-corrected chi connectivity index (χ4v) is 3.35. The van der Waals surface area contributed by atoms with E-state index in [-0.39, 0.29) is 5.60 Å². The Bertz CT molecular complexity index is 427. The molecule has 0 bridgehead atoms. The summed E-state index contributed by atoms with van der Waals surface area (Å²) in [5.74, 6) is 0. The summed E-state index contributed by atoms with van der Waals surface area (Å²) in [5.41, 5.74) is 1.04. The Morgan fingerprint density at radius 1 is 1.21 bits per heavy atom. The summed E-state index contributed by atoms with van der Waals surface area (Å²) in [5, 5.41) is 1.31. The molecule has 0 N–H and O–H groups in total. The molecule has 1 nitrogen and oxygen atoms in total. The summed E-state index contributed by atoms with van der Waals surface area (Å²) >= 11 is 3.28. The molecule has 0 unspecified atom stereocenters. The van der Waals surface area contributed by atoms with E-state index < -0.39 is 9.76 Å². The molecule has 0 aliphatic rings. The van der Waals surface area contributed by atoms with Crippen molar-refractivity contribution in [1.29, 1.82) is 0 Å². The van der Waals surface area contributed by atoms with Gasteiger partial charge in [0.25, 0.3) is 0 Å². The molecule has 0 aliphatic heterocycles. The summed E-state index contributed by atoms with van der Waals surface area (Å²) < 4.78 is 6.17. The van der Waals surface area contributed by atoms with E-state index in [1.165, 1.54) is 10.8 Å². The van der Waals surface area contributed by atoms with Crippen LogP contribution in [0.4, 0.5) is 0 Å². The van der Waals surface area contributed by atoms with Crippen LogP contribution in [0.3, 0.4) is 0 Å². The zero-order chi connectivity index (χ0) is 14.1. The van der Waals surface area contributed by atoms with E-state index in [4.69, 9.17) is 4.43 Å². The summed E-state index contributed by atoms with van der Waals surface area (Å²) in [7, 11) is -0.717. The number of benzene rings is 1. The van der Waals surface area contributed by atoms with Crippen LogP contribution < -0.4 is 5.19 Å². The van der Waals surface area contributed by atoms with Gasteiger partial charge in [-0.25, -0.2) is 0 Å². The van der Waals surface area contributed by atoms with Crippen LogP contribution >= 0.6 is 15.9 Å². The van der Waals surface area contributed by atoms with E-state index >= 15 is 0 Å². The summed E-state index contributed by atoms with van der Waals surface area (Å²) in [6.07, 6.45) is 7.57. The Labute approximate surface area is 127 Å². The SMILES string of the molecule is C=CCC(C)(CC=C)O[SiH2]c1ccc(C=CBr)cc1. The van der Waals surface area contributed by atoms with Crippen molar-refractivity contribution in [1.82, 2.24) is 0 Å². The lowest BCUT2D eigenvalue weighted by Crippen LogP contribution is -2.33. The number of halogens is 1. The molecule has 0 atom stereocenters. The van der Waals surface area contributed by atoms with Gasteiger partial charge in [-0.3, -0.25) is 0 Å². The fraction of sp³-hybridized carbons (Fsp3) is 0.250. The molecular weight excluding hydrogens is 316 g/mol. The van der Waals surface area contributed by atoms with Crippen LogP contribution in [0, 0.1) is 0 Å². The van der Waals surface area contributed by atoms with Crippen molar-refractivity contribution < 1.29 is 4.43 Å². The van der Waals surface area contributed by atoms with Crippen LogP contribution in [0.15, 0.2) is 54.6 Å². The Balaban J connectivity index is 2.63. The summed E-state index contributed by atoms with van der Waals surface area (Å²) in [4.78, 5) is 1.86. The van der Waals surface area contributed by atoms with Crippen molar-refractivity contribution in [3.63, 3.8) is 0 Å². The zero-order valence-corrected chi connectivity index (χ0v) is 14.4. The van der Waals surface area contributed by atoms with Crippen LogP contribution in [0.5, 0.6) is 0 Å². The highest BCUT2D eigenvalue weighted by Crippen LogP contribution is 2.20. The van der Waals surface area contributed by atoms with Gasteiger partial charge in [0, 0.05) is 0 Å². The number of rotatable bonds is 8. The van der Waals surface area contributed by atoms with E-state index in [1.807, 2.05) is 23.2 Å². The minimum atomic E-state index is -0.717. The Morgan fingerprint density at radius 3 is 2.26 bits per heavy atom. The minimum Gasteiger partial charge on any atom is -0.413 e. The van der Waals surface area contributed by atoms with Crippen molar-refractivity contribution >= 4 is 37.0 Å². The molecule has 1 rings (SSSR count). The molecule has 19 heavy (non-hydrogen) atoms.